The van der Waals surface area contributed by atoms with Crippen LogP contribution >= 0.6 is 26.2 Å². The first-order chi connectivity index (χ1) is 4.34. The normalized spacial score (nSPS) is 25.1. The van der Waals surface area contributed by atoms with E-state index in [0.29, 0.717) is 0 Å². The van der Waals surface area contributed by atoms with Crippen LogP contribution in [0, 0.1) is 0 Å². The van der Waals surface area contributed by atoms with E-state index in [-0.39, 0.29) is 0 Å². The van der Waals surface area contributed by atoms with Crippen LogP contribution in [0.15, 0.2) is 0 Å². The van der Waals surface area contributed by atoms with Crippen molar-refractivity contribution >= 4 is 26.2 Å². The Hall–Kier alpha value is 0.340. The highest BCUT2D eigenvalue weighted by Crippen LogP contribution is 3.01. The molecule has 0 saturated heterocycles. The van der Waals surface area contributed by atoms with Crippen molar-refractivity contribution in [3.63, 3.8) is 0 Å². The first-order valence-electron chi connectivity index (χ1n) is 2.00. The van der Waals surface area contributed by atoms with Crippen molar-refractivity contribution in [3.05, 3.63) is 0 Å². The van der Waals surface area contributed by atoms with Gasteiger partial charge in [-0.1, -0.05) is 19.4 Å². The number of halogens is 8. The van der Waals surface area contributed by atoms with Gasteiger partial charge in [0.25, 0.3) is 5.50 Å². The van der Waals surface area contributed by atoms with E-state index in [2.05, 4.69) is 0 Å². The molecule has 0 aliphatic carbocycles. The molecule has 0 unspecified atom stereocenters. The van der Waals surface area contributed by atoms with Crippen LogP contribution in [0.1, 0.15) is 0 Å². The molecule has 2 atom stereocenters. The molecule has 0 saturated carbocycles. The Labute approximate surface area is 65.6 Å². The largest absolute Gasteiger partial charge is 0.317 e. The van der Waals surface area contributed by atoms with Crippen LogP contribution in [0.3, 0.4) is 0 Å². The first kappa shape index (κ1) is 11.3. The van der Waals surface area contributed by atoms with Gasteiger partial charge < -0.3 is 0 Å². The van der Waals surface area contributed by atoms with Gasteiger partial charge in [0.05, 0.1) is 0 Å². The SMILES string of the molecule is F[C@H](Br)[C@@H](F)S(F)(F)(F)(F)F. The maximum Gasteiger partial charge on any atom is 0.317 e. The molecule has 11 heavy (non-hydrogen) atoms. The molecule has 0 aliphatic heterocycles. The summed E-state index contributed by atoms with van der Waals surface area (Å²) in [6.07, 6.45) is 0. The van der Waals surface area contributed by atoms with Crippen molar-refractivity contribution in [2.45, 2.75) is 10.6 Å². The number of alkyl halides is 3. The third-order valence-electron chi connectivity index (χ3n) is 0.624. The van der Waals surface area contributed by atoms with Crippen LogP contribution in [0.2, 0.25) is 0 Å². The lowest BCUT2D eigenvalue weighted by atomic mass is 10.9. The smallest absolute Gasteiger partial charge is 0.230 e. The van der Waals surface area contributed by atoms with Gasteiger partial charge in [0.1, 0.15) is 0 Å². The summed E-state index contributed by atoms with van der Waals surface area (Å²) in [4.78, 5) is 0. The summed E-state index contributed by atoms with van der Waals surface area (Å²) < 4.78 is 79.1. The molecule has 0 bridgehead atoms. The second-order valence-corrected chi connectivity index (χ2v) is 5.10. The molecule has 0 aromatic rings. The molecule has 9 heteroatoms. The topological polar surface area (TPSA) is 0 Å². The Balaban J connectivity index is 4.86. The lowest BCUT2D eigenvalue weighted by Crippen LogP contribution is -2.26. The van der Waals surface area contributed by atoms with Crippen molar-refractivity contribution in [1.29, 1.82) is 0 Å². The average Bonchev–Trinajstić information content (AvgIpc) is 1.57. The van der Waals surface area contributed by atoms with Crippen LogP contribution < -0.4 is 0 Å². The predicted molar refractivity (Wildman–Crippen MR) is 31.9 cm³/mol. The highest BCUT2D eigenvalue weighted by molar-refractivity contribution is 9.09. The van der Waals surface area contributed by atoms with E-state index in [0.717, 1.165) is 0 Å². The Morgan fingerprint density at radius 2 is 1.18 bits per heavy atom. The highest BCUT2D eigenvalue weighted by atomic mass is 79.9. The lowest BCUT2D eigenvalue weighted by Gasteiger charge is -2.42. The third kappa shape index (κ3) is 3.50. The molecule has 0 heterocycles. The van der Waals surface area contributed by atoms with E-state index < -0.39 is 20.8 Å². The van der Waals surface area contributed by atoms with E-state index in [1.54, 1.807) is 0 Å². The number of hydrogen-bond donors (Lipinski definition) is 0. The molecule has 0 aromatic heterocycles. The molecular formula is C2H2BrF7S. The Morgan fingerprint density at radius 3 is 1.18 bits per heavy atom. The Morgan fingerprint density at radius 1 is 0.909 bits per heavy atom. The van der Waals surface area contributed by atoms with Gasteiger partial charge in [-0.2, -0.15) is 0 Å². The summed E-state index contributed by atoms with van der Waals surface area (Å²) in [5, 5.41) is -3.43. The number of rotatable bonds is 2. The third-order valence-corrected chi connectivity index (χ3v) is 2.53. The summed E-state index contributed by atoms with van der Waals surface area (Å²) in [5.41, 5.74) is -4.75. The maximum atomic E-state index is 11.6. The van der Waals surface area contributed by atoms with Crippen molar-refractivity contribution in [3.8, 4) is 0 Å². The maximum absolute atomic E-state index is 11.6. The molecule has 0 fully saturated rings. The summed E-state index contributed by atoms with van der Waals surface area (Å²) in [7, 11) is -10.3. The molecule has 0 nitrogen and oxygen atoms in total. The molecule has 0 rings (SSSR count). The van der Waals surface area contributed by atoms with Gasteiger partial charge in [-0.3, -0.25) is 0 Å². The Kier molecular flexibility index (Phi) is 2.04. The van der Waals surface area contributed by atoms with Gasteiger partial charge in [-0.25, -0.2) is 8.78 Å². The van der Waals surface area contributed by atoms with Crippen molar-refractivity contribution in [1.82, 2.24) is 0 Å². The zero-order valence-corrected chi connectivity index (χ0v) is 6.99. The van der Waals surface area contributed by atoms with Crippen LogP contribution in [0.4, 0.5) is 28.2 Å². The fourth-order valence-electron chi connectivity index (χ4n) is 0.194. The monoisotopic (exact) mass is 270 g/mol. The minimum absolute atomic E-state index is 1.43. The predicted octanol–water partition coefficient (Wildman–Crippen LogP) is 4.27. The zero-order chi connectivity index (χ0) is 9.56. The standard InChI is InChI=1S/C2H2BrF7S/c3-1(4)2(5)11(6,7,8,9)10/h1-2H/t1-,2-/m0/s1. The molecule has 0 N–H and O–H groups in total. The first-order valence-corrected chi connectivity index (χ1v) is 4.93. The quantitative estimate of drug-likeness (QED) is 0.519. The summed E-state index contributed by atoms with van der Waals surface area (Å²) in [6.45, 7) is 0. The molecular weight excluding hydrogens is 269 g/mol. The van der Waals surface area contributed by atoms with Gasteiger partial charge >= 0.3 is 10.2 Å². The lowest BCUT2D eigenvalue weighted by molar-refractivity contribution is 0.226. The van der Waals surface area contributed by atoms with Gasteiger partial charge in [-0.15, -0.1) is 0 Å². The van der Waals surface area contributed by atoms with Crippen molar-refractivity contribution < 1.29 is 28.2 Å². The minimum atomic E-state index is -10.3. The molecule has 72 valence electrons. The number of hydrogen-bond acceptors (Lipinski definition) is 0. The summed E-state index contributed by atoms with van der Waals surface area (Å²) in [5.74, 6) is 0. The van der Waals surface area contributed by atoms with Gasteiger partial charge in [0.2, 0.25) is 5.08 Å². The fourth-order valence-corrected chi connectivity index (χ4v) is 1.81. The van der Waals surface area contributed by atoms with Gasteiger partial charge in [0.15, 0.2) is 0 Å². The second-order valence-electron chi connectivity index (χ2n) is 1.71. The summed E-state index contributed by atoms with van der Waals surface area (Å²) >= 11 is 1.43. The fraction of sp³-hybridized carbons (Fsp3) is 1.00. The van der Waals surface area contributed by atoms with Crippen molar-refractivity contribution in [2.75, 3.05) is 0 Å². The Bertz CT molecular complexity index is 154. The molecule has 0 aliphatic rings. The van der Waals surface area contributed by atoms with E-state index in [1.807, 2.05) is 0 Å². The van der Waals surface area contributed by atoms with E-state index >= 15 is 0 Å². The molecule has 0 aromatic carbocycles. The molecule has 0 radical (unpaired) electrons. The van der Waals surface area contributed by atoms with Crippen LogP contribution in [-0.2, 0) is 0 Å². The van der Waals surface area contributed by atoms with Gasteiger partial charge in [-0.05, 0) is 15.9 Å². The molecule has 0 amide bonds. The van der Waals surface area contributed by atoms with Crippen LogP contribution in [-0.4, -0.2) is 10.6 Å². The summed E-state index contributed by atoms with van der Waals surface area (Å²) in [6, 6.07) is 0. The molecule has 0 spiro atoms. The van der Waals surface area contributed by atoms with Crippen LogP contribution in [0.5, 0.6) is 0 Å². The van der Waals surface area contributed by atoms with Crippen molar-refractivity contribution in [2.24, 2.45) is 0 Å². The highest BCUT2D eigenvalue weighted by Gasteiger charge is 2.73. The minimum Gasteiger partial charge on any atom is -0.230 e. The van der Waals surface area contributed by atoms with Gasteiger partial charge in [0, 0.05) is 0 Å². The van der Waals surface area contributed by atoms with Crippen LogP contribution in [0.25, 0.3) is 0 Å². The zero-order valence-electron chi connectivity index (χ0n) is 4.59. The second kappa shape index (κ2) is 1.98. The van der Waals surface area contributed by atoms with E-state index in [1.165, 1.54) is 15.9 Å². The van der Waals surface area contributed by atoms with E-state index in [4.69, 9.17) is 0 Å². The van der Waals surface area contributed by atoms with E-state index in [9.17, 15) is 28.2 Å². The average molecular weight is 271 g/mol.